The summed E-state index contributed by atoms with van der Waals surface area (Å²) >= 11 is 0. The zero-order valence-corrected chi connectivity index (χ0v) is 25.4. The average molecular weight is 548 g/mol. The Kier molecular flexibility index (Phi) is 11.4. The quantitative estimate of drug-likeness (QED) is 0.331. The van der Waals surface area contributed by atoms with Crippen LogP contribution in [0.5, 0.6) is 0 Å². The van der Waals surface area contributed by atoms with Crippen LogP contribution in [0.2, 0.25) is 0 Å². The van der Waals surface area contributed by atoms with Crippen molar-refractivity contribution in [3.05, 3.63) is 64.7 Å². The minimum atomic E-state index is -1.04. The van der Waals surface area contributed by atoms with Crippen molar-refractivity contribution < 1.29 is 19.1 Å². The minimum absolute atomic E-state index is 0.225. The van der Waals surface area contributed by atoms with E-state index in [0.717, 1.165) is 11.1 Å². The first-order valence-electron chi connectivity index (χ1n) is 14.0. The van der Waals surface area contributed by atoms with E-state index in [0.29, 0.717) is 29.7 Å². The van der Waals surface area contributed by atoms with Gasteiger partial charge in [-0.25, -0.2) is 4.79 Å². The summed E-state index contributed by atoms with van der Waals surface area (Å²) in [4.78, 5) is 43.1. The second kappa shape index (κ2) is 14.0. The number of aryl methyl sites for hydroxylation is 2. The molecule has 0 saturated heterocycles. The number of terminal acetylenes is 1. The fourth-order valence-electron chi connectivity index (χ4n) is 4.56. The third-order valence-electron chi connectivity index (χ3n) is 7.14. The van der Waals surface area contributed by atoms with E-state index < -0.39 is 23.8 Å². The highest BCUT2D eigenvalue weighted by Gasteiger charge is 2.41. The molecule has 0 aliphatic rings. The van der Waals surface area contributed by atoms with Crippen molar-refractivity contribution >= 4 is 23.6 Å². The molecule has 0 spiro atoms. The van der Waals surface area contributed by atoms with Crippen molar-refractivity contribution in [2.75, 3.05) is 5.32 Å². The van der Waals surface area contributed by atoms with Crippen LogP contribution in [0.3, 0.4) is 0 Å². The number of hydrogen-bond acceptors (Lipinski definition) is 4. The molecular formula is C33H45N3O4. The maximum absolute atomic E-state index is 14.5. The molecule has 0 heterocycles. The highest BCUT2D eigenvalue weighted by atomic mass is 16.6. The summed E-state index contributed by atoms with van der Waals surface area (Å²) in [5.74, 6) is 1.70. The molecule has 3 amide bonds. The van der Waals surface area contributed by atoms with Crippen molar-refractivity contribution in [1.82, 2.24) is 10.2 Å². The topological polar surface area (TPSA) is 87.7 Å². The molecule has 0 bridgehead atoms. The molecule has 0 saturated carbocycles. The van der Waals surface area contributed by atoms with Gasteiger partial charge in [-0.1, -0.05) is 69.5 Å². The van der Waals surface area contributed by atoms with E-state index >= 15 is 0 Å². The van der Waals surface area contributed by atoms with Gasteiger partial charge in [-0.3, -0.25) is 9.59 Å². The van der Waals surface area contributed by atoms with Crippen LogP contribution in [-0.4, -0.2) is 40.5 Å². The van der Waals surface area contributed by atoms with E-state index in [9.17, 15) is 14.4 Å². The molecule has 40 heavy (non-hydrogen) atoms. The number of rotatable bonds is 10. The average Bonchev–Trinajstić information content (AvgIpc) is 2.90. The van der Waals surface area contributed by atoms with E-state index in [2.05, 4.69) is 16.6 Å². The van der Waals surface area contributed by atoms with Gasteiger partial charge in [-0.15, -0.1) is 6.42 Å². The van der Waals surface area contributed by atoms with Gasteiger partial charge >= 0.3 is 6.09 Å². The van der Waals surface area contributed by atoms with Gasteiger partial charge in [-0.2, -0.15) is 0 Å². The lowest BCUT2D eigenvalue weighted by atomic mass is 9.92. The van der Waals surface area contributed by atoms with Crippen molar-refractivity contribution in [2.45, 2.75) is 98.9 Å². The number of alkyl carbamates (subject to hydrolysis) is 1. The summed E-state index contributed by atoms with van der Waals surface area (Å²) < 4.78 is 5.49. The molecule has 0 aliphatic carbocycles. The van der Waals surface area contributed by atoms with E-state index in [1.807, 2.05) is 59.7 Å². The molecule has 2 N–H and O–H groups in total. The van der Waals surface area contributed by atoms with Crippen LogP contribution in [0.15, 0.2) is 42.5 Å². The van der Waals surface area contributed by atoms with Crippen LogP contribution >= 0.6 is 0 Å². The van der Waals surface area contributed by atoms with Gasteiger partial charge in [0.25, 0.3) is 5.91 Å². The highest BCUT2D eigenvalue weighted by Crippen LogP contribution is 2.32. The van der Waals surface area contributed by atoms with Crippen LogP contribution in [0, 0.1) is 32.1 Å². The monoisotopic (exact) mass is 547 g/mol. The first-order valence-corrected chi connectivity index (χ1v) is 14.0. The van der Waals surface area contributed by atoms with Gasteiger partial charge in [0, 0.05) is 17.3 Å². The Morgan fingerprint density at radius 2 is 1.57 bits per heavy atom. The van der Waals surface area contributed by atoms with E-state index in [1.165, 1.54) is 0 Å². The maximum Gasteiger partial charge on any atom is 0.408 e. The normalized spacial score (nSPS) is 14.2. The largest absolute Gasteiger partial charge is 0.444 e. The molecule has 0 aliphatic heterocycles. The second-order valence-electron chi connectivity index (χ2n) is 11.4. The van der Waals surface area contributed by atoms with Crippen molar-refractivity contribution in [2.24, 2.45) is 5.92 Å². The summed E-state index contributed by atoms with van der Waals surface area (Å²) in [6, 6.07) is 10.6. The Morgan fingerprint density at radius 3 is 2.10 bits per heavy atom. The molecule has 0 aromatic heterocycles. The molecule has 2 aromatic rings. The maximum atomic E-state index is 14.5. The molecule has 0 fully saturated rings. The fraction of sp³-hybridized carbons (Fsp3) is 0.485. The number of nitrogens with one attached hydrogen (secondary N) is 2. The summed E-state index contributed by atoms with van der Waals surface area (Å²) in [5.41, 5.74) is 2.83. The molecule has 7 heteroatoms. The first-order chi connectivity index (χ1) is 18.7. The van der Waals surface area contributed by atoms with Gasteiger partial charge in [0.05, 0.1) is 0 Å². The zero-order valence-electron chi connectivity index (χ0n) is 25.4. The third kappa shape index (κ3) is 8.11. The molecule has 2 aromatic carbocycles. The molecule has 2 rings (SSSR count). The molecular weight excluding hydrogens is 502 g/mol. The van der Waals surface area contributed by atoms with Crippen LogP contribution in [0.1, 0.15) is 89.6 Å². The van der Waals surface area contributed by atoms with Crippen LogP contribution in [0.4, 0.5) is 10.5 Å². The lowest BCUT2D eigenvalue weighted by Crippen LogP contribution is -2.57. The first kappa shape index (κ1) is 32.4. The SMILES string of the molecule is C#Cc1ccccc1C(C(=O)Nc1c(C)cccc1C)N(C(=O)C(NC(=O)OC(C)(C)C)C(C)CC)C(C)CC. The molecule has 4 atom stereocenters. The number of amides is 3. The number of nitrogens with zero attached hydrogens (tertiary/aromatic N) is 1. The third-order valence-corrected chi connectivity index (χ3v) is 7.14. The number of benzene rings is 2. The molecule has 216 valence electrons. The lowest BCUT2D eigenvalue weighted by molar-refractivity contribution is -0.144. The molecule has 4 unspecified atom stereocenters. The lowest BCUT2D eigenvalue weighted by Gasteiger charge is -2.39. The number of hydrogen-bond donors (Lipinski definition) is 2. The zero-order chi connectivity index (χ0) is 30.2. The second-order valence-corrected chi connectivity index (χ2v) is 11.4. The Hall–Kier alpha value is -3.79. The van der Waals surface area contributed by atoms with Crippen LogP contribution in [0.25, 0.3) is 0 Å². The van der Waals surface area contributed by atoms with Gasteiger partial charge in [0.2, 0.25) is 5.91 Å². The highest BCUT2D eigenvalue weighted by molar-refractivity contribution is 6.00. The predicted molar refractivity (Wildman–Crippen MR) is 161 cm³/mol. The fourth-order valence-corrected chi connectivity index (χ4v) is 4.56. The van der Waals surface area contributed by atoms with Gasteiger partial charge in [0.15, 0.2) is 0 Å². The molecule has 7 nitrogen and oxygen atoms in total. The Labute approximate surface area is 240 Å². The van der Waals surface area contributed by atoms with Crippen molar-refractivity contribution in [1.29, 1.82) is 0 Å². The van der Waals surface area contributed by atoms with Crippen molar-refractivity contribution in [3.63, 3.8) is 0 Å². The standard InChI is InChI=1S/C33H45N3O4/c1-11-21(4)28(35-32(39)40-33(8,9)10)31(38)36(24(7)12-2)29(26-20-15-14-19-25(26)13-3)30(37)34-27-22(5)17-16-18-23(27)6/h3,14-21,24,28-29H,11-12H2,1-2,4-10H3,(H,34,37)(H,35,39). The van der Waals surface area contributed by atoms with E-state index in [4.69, 9.17) is 11.2 Å². The number of ether oxygens (including phenoxy) is 1. The minimum Gasteiger partial charge on any atom is -0.444 e. The van der Waals surface area contributed by atoms with Gasteiger partial charge in [-0.05, 0) is 76.6 Å². The number of para-hydroxylation sites is 1. The smallest absolute Gasteiger partial charge is 0.408 e. The number of carbonyl (C=O) groups is 3. The van der Waals surface area contributed by atoms with Crippen molar-refractivity contribution in [3.8, 4) is 12.3 Å². The van der Waals surface area contributed by atoms with Gasteiger partial charge < -0.3 is 20.3 Å². The Morgan fingerprint density at radius 1 is 0.975 bits per heavy atom. The van der Waals surface area contributed by atoms with E-state index in [1.54, 1.807) is 49.9 Å². The summed E-state index contributed by atoms with van der Waals surface area (Å²) in [6.45, 7) is 16.9. The summed E-state index contributed by atoms with van der Waals surface area (Å²) in [5, 5.41) is 5.88. The predicted octanol–water partition coefficient (Wildman–Crippen LogP) is 6.53. The summed E-state index contributed by atoms with van der Waals surface area (Å²) in [6.07, 6.45) is 6.39. The van der Waals surface area contributed by atoms with Crippen LogP contribution in [-0.2, 0) is 14.3 Å². The Balaban J connectivity index is 2.70. The summed E-state index contributed by atoms with van der Waals surface area (Å²) in [7, 11) is 0. The Bertz CT molecular complexity index is 1220. The number of anilines is 1. The molecule has 0 radical (unpaired) electrons. The van der Waals surface area contributed by atoms with Crippen LogP contribution < -0.4 is 10.6 Å². The van der Waals surface area contributed by atoms with E-state index in [-0.39, 0.29) is 23.8 Å². The number of carbonyl (C=O) groups excluding carboxylic acids is 3. The van der Waals surface area contributed by atoms with Gasteiger partial charge in [0.1, 0.15) is 17.7 Å².